The van der Waals surface area contributed by atoms with Crippen LogP contribution >= 0.6 is 0 Å². The van der Waals surface area contributed by atoms with Gasteiger partial charge in [-0.05, 0) is 31.2 Å². The first-order valence-electron chi connectivity index (χ1n) is 11.7. The maximum atomic E-state index is 15.5. The van der Waals surface area contributed by atoms with Gasteiger partial charge in [-0.3, -0.25) is 14.2 Å². The van der Waals surface area contributed by atoms with Gasteiger partial charge in [0.25, 0.3) is 5.56 Å². The summed E-state index contributed by atoms with van der Waals surface area (Å²) in [4.78, 5) is 42.2. The lowest BCUT2D eigenvalue weighted by Gasteiger charge is -2.27. The monoisotopic (exact) mass is 487 g/mol. The third-order valence-electron chi connectivity index (χ3n) is 6.71. The summed E-state index contributed by atoms with van der Waals surface area (Å²) in [5.41, 5.74) is -0.967. The van der Waals surface area contributed by atoms with Crippen LogP contribution < -0.4 is 37.4 Å². The van der Waals surface area contributed by atoms with Gasteiger partial charge in [0.1, 0.15) is 11.2 Å². The molecule has 0 spiro atoms. The molecule has 1 amide bonds. The van der Waals surface area contributed by atoms with Crippen molar-refractivity contribution in [2.24, 2.45) is 5.92 Å². The predicted molar refractivity (Wildman–Crippen MR) is 130 cm³/mol. The Morgan fingerprint density at radius 3 is 2.74 bits per heavy atom. The molecule has 2 aromatic rings. The molecule has 2 atom stereocenters. The lowest BCUT2D eigenvalue weighted by molar-refractivity contribution is -0.119. The summed E-state index contributed by atoms with van der Waals surface area (Å²) in [6.07, 6.45) is 2.24. The van der Waals surface area contributed by atoms with Crippen LogP contribution in [-0.2, 0) is 4.79 Å². The van der Waals surface area contributed by atoms with Crippen LogP contribution in [0.4, 0.5) is 10.1 Å². The number of rotatable bonds is 9. The number of methoxy groups -OCH3 is 1. The average molecular weight is 488 g/mol. The van der Waals surface area contributed by atoms with Crippen LogP contribution in [0.3, 0.4) is 0 Å². The standard InChI is InChI=1S/C23H30FN7O4/c1-13(32)28-11-18(27-8-7-26-2)14-6-9-29(12-14)20-17(24)10-16-19(21(20)35-3)30(15-4-5-15)23(34)31(25)22(16)33/h10,14-15,18,27H,4-9,11-12,25H2,1,3H3,(H,28,32). The Labute approximate surface area is 201 Å². The van der Waals surface area contributed by atoms with Crippen molar-refractivity contribution in [3.05, 3.63) is 44.1 Å². The molecule has 1 aliphatic carbocycles. The number of fused-ring (bicyclic) bond motifs is 1. The third-order valence-corrected chi connectivity index (χ3v) is 6.71. The van der Waals surface area contributed by atoms with E-state index in [1.54, 1.807) is 0 Å². The maximum Gasteiger partial charge on any atom is 0.350 e. The SMILES string of the molecule is [C-]#[N+]CCNC(CNC(C)=O)C1CCN(c2c(F)cc3c(=O)n(N)c(=O)n(C4CC4)c3c2OC)C1. The zero-order valence-corrected chi connectivity index (χ0v) is 19.8. The van der Waals surface area contributed by atoms with Gasteiger partial charge in [-0.15, -0.1) is 0 Å². The second-order valence-corrected chi connectivity index (χ2v) is 9.07. The van der Waals surface area contributed by atoms with Crippen molar-refractivity contribution in [3.8, 4) is 5.75 Å². The topological polar surface area (TPSA) is 128 Å². The highest BCUT2D eigenvalue weighted by Crippen LogP contribution is 2.43. The Hall–Kier alpha value is -3.59. The molecule has 2 heterocycles. The summed E-state index contributed by atoms with van der Waals surface area (Å²) in [6, 6.07) is 0.912. The molecule has 1 aliphatic heterocycles. The van der Waals surface area contributed by atoms with Crippen LogP contribution in [-0.4, -0.2) is 61.0 Å². The molecule has 4 rings (SSSR count). The van der Waals surface area contributed by atoms with Crippen LogP contribution in [0.15, 0.2) is 15.7 Å². The smallest absolute Gasteiger partial charge is 0.350 e. The number of nitrogen functional groups attached to an aromatic ring is 1. The zero-order chi connectivity index (χ0) is 25.3. The first-order chi connectivity index (χ1) is 16.8. The molecule has 2 aliphatic rings. The fourth-order valence-corrected chi connectivity index (χ4v) is 4.88. The highest BCUT2D eigenvalue weighted by atomic mass is 19.1. The third kappa shape index (κ3) is 4.68. The molecule has 1 saturated carbocycles. The van der Waals surface area contributed by atoms with Crippen LogP contribution in [0, 0.1) is 18.3 Å². The normalized spacial score (nSPS) is 18.5. The number of anilines is 1. The minimum Gasteiger partial charge on any atom is -0.492 e. The van der Waals surface area contributed by atoms with Gasteiger partial charge in [0.05, 0.1) is 19.0 Å². The summed E-state index contributed by atoms with van der Waals surface area (Å²) >= 11 is 0. The van der Waals surface area contributed by atoms with E-state index in [4.69, 9.17) is 17.2 Å². The number of nitrogens with zero attached hydrogens (tertiary/aromatic N) is 4. The molecule has 188 valence electrons. The zero-order valence-electron chi connectivity index (χ0n) is 19.8. The van der Waals surface area contributed by atoms with E-state index in [1.165, 1.54) is 18.6 Å². The number of aromatic nitrogens is 2. The van der Waals surface area contributed by atoms with Crippen molar-refractivity contribution >= 4 is 22.5 Å². The first kappa shape index (κ1) is 24.5. The Morgan fingerprint density at radius 1 is 1.37 bits per heavy atom. The van der Waals surface area contributed by atoms with Crippen molar-refractivity contribution in [3.63, 3.8) is 0 Å². The summed E-state index contributed by atoms with van der Waals surface area (Å²) in [5, 5.41) is 6.15. The highest BCUT2D eigenvalue weighted by Gasteiger charge is 2.35. The molecule has 4 N–H and O–H groups in total. The Bertz CT molecular complexity index is 1290. The Morgan fingerprint density at radius 2 is 2.11 bits per heavy atom. The van der Waals surface area contributed by atoms with Gasteiger partial charge in [-0.25, -0.2) is 15.8 Å². The number of nitrogens with one attached hydrogen (secondary N) is 2. The molecule has 35 heavy (non-hydrogen) atoms. The van der Waals surface area contributed by atoms with E-state index in [0.717, 1.165) is 25.3 Å². The molecule has 11 nitrogen and oxygen atoms in total. The van der Waals surface area contributed by atoms with Gasteiger partial charge < -0.3 is 31.0 Å². The summed E-state index contributed by atoms with van der Waals surface area (Å²) in [7, 11) is 1.40. The van der Waals surface area contributed by atoms with Crippen molar-refractivity contribution < 1.29 is 13.9 Å². The maximum absolute atomic E-state index is 15.5. The number of amides is 1. The highest BCUT2D eigenvalue weighted by molar-refractivity contribution is 5.91. The van der Waals surface area contributed by atoms with E-state index >= 15 is 4.39 Å². The van der Waals surface area contributed by atoms with E-state index in [1.807, 2.05) is 4.90 Å². The van der Waals surface area contributed by atoms with E-state index in [9.17, 15) is 14.4 Å². The molecule has 0 radical (unpaired) electrons. The van der Waals surface area contributed by atoms with Gasteiger partial charge >= 0.3 is 5.69 Å². The van der Waals surface area contributed by atoms with E-state index < -0.39 is 17.1 Å². The number of hydrogen-bond acceptors (Lipinski definition) is 7. The Kier molecular flexibility index (Phi) is 6.98. The number of ether oxygens (including phenoxy) is 1. The fraction of sp³-hybridized carbons (Fsp3) is 0.565. The van der Waals surface area contributed by atoms with Crippen LogP contribution in [0.25, 0.3) is 15.7 Å². The number of carbonyl (C=O) groups excluding carboxylic acids is 1. The van der Waals surface area contributed by atoms with Gasteiger partial charge in [-0.2, -0.15) is 4.68 Å². The van der Waals surface area contributed by atoms with Crippen molar-refractivity contribution in [2.75, 3.05) is 50.6 Å². The second-order valence-electron chi connectivity index (χ2n) is 9.07. The predicted octanol–water partition coefficient (Wildman–Crippen LogP) is 0.199. The van der Waals surface area contributed by atoms with Crippen molar-refractivity contribution in [1.29, 1.82) is 0 Å². The molecule has 1 aromatic heterocycles. The Balaban J connectivity index is 1.73. The van der Waals surface area contributed by atoms with E-state index in [2.05, 4.69) is 15.5 Å². The van der Waals surface area contributed by atoms with E-state index in [0.29, 0.717) is 37.4 Å². The summed E-state index contributed by atoms with van der Waals surface area (Å²) < 4.78 is 23.1. The lowest BCUT2D eigenvalue weighted by atomic mass is 9.98. The number of carbonyl (C=O) groups is 1. The second kappa shape index (κ2) is 9.95. The van der Waals surface area contributed by atoms with Gasteiger partial charge in [-0.1, -0.05) is 0 Å². The van der Waals surface area contributed by atoms with Crippen LogP contribution in [0.1, 0.15) is 32.2 Å². The first-order valence-corrected chi connectivity index (χ1v) is 11.7. The van der Waals surface area contributed by atoms with Gasteiger partial charge in [0.2, 0.25) is 12.5 Å². The summed E-state index contributed by atoms with van der Waals surface area (Å²) in [5.74, 6) is 5.13. The lowest BCUT2D eigenvalue weighted by Crippen LogP contribution is -2.46. The molecule has 1 aromatic carbocycles. The van der Waals surface area contributed by atoms with Crippen molar-refractivity contribution in [1.82, 2.24) is 19.9 Å². The number of nitrogens with two attached hydrogens (primary N) is 1. The molecule has 2 fully saturated rings. The summed E-state index contributed by atoms with van der Waals surface area (Å²) in [6.45, 7) is 10.6. The number of halogens is 1. The molecule has 2 unspecified atom stereocenters. The van der Waals surface area contributed by atoms with Crippen molar-refractivity contribution in [2.45, 2.75) is 38.3 Å². The van der Waals surface area contributed by atoms with Gasteiger partial charge in [0.15, 0.2) is 11.6 Å². The molecule has 1 saturated heterocycles. The molecule has 12 heteroatoms. The quantitative estimate of drug-likeness (QED) is 0.262. The molecular weight excluding hydrogens is 457 g/mol. The minimum atomic E-state index is -0.774. The number of hydrogen-bond donors (Lipinski definition) is 3. The molecule has 0 bridgehead atoms. The molecular formula is C23H30FN7O4. The van der Waals surface area contributed by atoms with Gasteiger partial charge in [0, 0.05) is 38.6 Å². The largest absolute Gasteiger partial charge is 0.492 e. The van der Waals surface area contributed by atoms with E-state index in [-0.39, 0.29) is 46.2 Å². The minimum absolute atomic E-state index is 0.00260. The van der Waals surface area contributed by atoms with Crippen LogP contribution in [0.2, 0.25) is 0 Å². The number of benzene rings is 1. The van der Waals surface area contributed by atoms with Crippen LogP contribution in [0.5, 0.6) is 5.75 Å². The average Bonchev–Trinajstić information content (AvgIpc) is 3.55. The fourth-order valence-electron chi connectivity index (χ4n) is 4.88.